The molecule has 0 aliphatic carbocycles. The van der Waals surface area contributed by atoms with Crippen LogP contribution in [0.4, 0.5) is 0 Å². The summed E-state index contributed by atoms with van der Waals surface area (Å²) >= 11 is 0. The number of hydrogen-bond donors (Lipinski definition) is 0. The van der Waals surface area contributed by atoms with Gasteiger partial charge in [0.2, 0.25) is 0 Å². The van der Waals surface area contributed by atoms with Gasteiger partial charge in [0, 0.05) is 17.1 Å². The molecule has 1 aliphatic heterocycles. The fraction of sp³-hybridized carbons (Fsp3) is 1.00. The lowest BCUT2D eigenvalue weighted by Crippen LogP contribution is -2.32. The zero-order valence-corrected chi connectivity index (χ0v) is 14.1. The molecule has 0 aromatic heterocycles. The van der Waals surface area contributed by atoms with Crippen LogP contribution in [0.2, 0.25) is 0 Å². The molecule has 118 valence electrons. The fourth-order valence-corrected chi connectivity index (χ4v) is 3.26. The molecule has 0 radical (unpaired) electrons. The summed E-state index contributed by atoms with van der Waals surface area (Å²) in [6.07, 6.45) is 1.59. The highest BCUT2D eigenvalue weighted by Gasteiger charge is 2.42. The molecule has 5 atom stereocenters. The van der Waals surface area contributed by atoms with Crippen LogP contribution in [0.3, 0.4) is 0 Å². The Morgan fingerprint density at radius 2 is 1.85 bits per heavy atom. The van der Waals surface area contributed by atoms with Crippen molar-refractivity contribution in [2.75, 3.05) is 13.2 Å². The van der Waals surface area contributed by atoms with E-state index in [4.69, 9.17) is 18.5 Å². The minimum Gasteiger partial charge on any atom is -0.375 e. The second-order valence-corrected chi connectivity index (χ2v) is 6.14. The average molecular weight is 307 g/mol. The molecule has 1 fully saturated rings. The van der Waals surface area contributed by atoms with Crippen LogP contribution in [0.25, 0.3) is 0 Å². The summed E-state index contributed by atoms with van der Waals surface area (Å²) in [7, 11) is -2.09. The van der Waals surface area contributed by atoms with Crippen molar-refractivity contribution in [1.82, 2.24) is 0 Å². The van der Waals surface area contributed by atoms with E-state index in [0.29, 0.717) is 12.5 Å². The van der Waals surface area contributed by atoms with Crippen LogP contribution in [0, 0.1) is 5.92 Å². The SMILES string of the molecule is CCO[C@H]1[C@@H](C)[C@H](C)O[C@@H]1CO[P+](=O)OC(CC)CC. The van der Waals surface area contributed by atoms with Gasteiger partial charge in [0.15, 0.2) is 0 Å². The van der Waals surface area contributed by atoms with Crippen molar-refractivity contribution in [2.24, 2.45) is 5.92 Å². The van der Waals surface area contributed by atoms with Crippen molar-refractivity contribution < 1.29 is 23.1 Å². The van der Waals surface area contributed by atoms with Gasteiger partial charge in [0.25, 0.3) is 0 Å². The van der Waals surface area contributed by atoms with E-state index in [0.717, 1.165) is 12.8 Å². The highest BCUT2D eigenvalue weighted by atomic mass is 31.1. The van der Waals surface area contributed by atoms with Gasteiger partial charge in [-0.05, 0) is 26.7 Å². The molecule has 1 unspecified atom stereocenters. The van der Waals surface area contributed by atoms with Crippen molar-refractivity contribution in [3.05, 3.63) is 0 Å². The van der Waals surface area contributed by atoms with Crippen LogP contribution in [0.1, 0.15) is 47.5 Å². The monoisotopic (exact) mass is 307 g/mol. The summed E-state index contributed by atoms with van der Waals surface area (Å²) in [5.41, 5.74) is 0. The maximum atomic E-state index is 11.8. The predicted molar refractivity (Wildman–Crippen MR) is 77.9 cm³/mol. The standard InChI is InChI=1S/C14H28O5P/c1-6-12(7-2)19-20(15)17-9-13-14(16-8-3)10(4)11(5)18-13/h10-14H,6-9H2,1-5H3/q+1/t10-,11-,13+,14-/m0/s1. The molecule has 0 spiro atoms. The van der Waals surface area contributed by atoms with E-state index < -0.39 is 8.25 Å². The highest BCUT2D eigenvalue weighted by molar-refractivity contribution is 7.33. The number of rotatable bonds is 9. The predicted octanol–water partition coefficient (Wildman–Crippen LogP) is 3.69. The summed E-state index contributed by atoms with van der Waals surface area (Å²) in [5, 5.41) is 0. The van der Waals surface area contributed by atoms with E-state index in [2.05, 4.69) is 6.92 Å². The van der Waals surface area contributed by atoms with Crippen molar-refractivity contribution in [3.63, 3.8) is 0 Å². The quantitative estimate of drug-likeness (QED) is 0.608. The third-order valence-corrected chi connectivity index (χ3v) is 4.69. The Balaban J connectivity index is 2.41. The second kappa shape index (κ2) is 9.06. The molecular formula is C14H28O5P+. The molecule has 0 saturated carbocycles. The second-order valence-electron chi connectivity index (χ2n) is 5.22. The first kappa shape index (κ1) is 18.0. The maximum absolute atomic E-state index is 11.8. The van der Waals surface area contributed by atoms with E-state index in [1.165, 1.54) is 0 Å². The van der Waals surface area contributed by atoms with E-state index in [1.807, 2.05) is 27.7 Å². The highest BCUT2D eigenvalue weighted by Crippen LogP contribution is 2.33. The van der Waals surface area contributed by atoms with Gasteiger partial charge in [-0.2, -0.15) is 0 Å². The van der Waals surface area contributed by atoms with E-state index in [9.17, 15) is 4.57 Å². The zero-order valence-electron chi connectivity index (χ0n) is 13.2. The smallest absolute Gasteiger partial charge is 0.375 e. The van der Waals surface area contributed by atoms with Crippen molar-refractivity contribution in [2.45, 2.75) is 71.9 Å². The molecular weight excluding hydrogens is 279 g/mol. The lowest BCUT2D eigenvalue weighted by molar-refractivity contribution is -0.0399. The molecule has 0 N–H and O–H groups in total. The Labute approximate surface area is 123 Å². The molecule has 0 bridgehead atoms. The first-order valence-corrected chi connectivity index (χ1v) is 8.66. The van der Waals surface area contributed by atoms with Gasteiger partial charge in [0.05, 0.1) is 12.2 Å². The maximum Gasteiger partial charge on any atom is 0.697 e. The largest absolute Gasteiger partial charge is 0.697 e. The zero-order chi connectivity index (χ0) is 15.1. The fourth-order valence-electron chi connectivity index (χ4n) is 2.39. The van der Waals surface area contributed by atoms with Gasteiger partial charge in [0.1, 0.15) is 18.8 Å². The summed E-state index contributed by atoms with van der Waals surface area (Å²) in [6.45, 7) is 11.0. The Morgan fingerprint density at radius 1 is 1.20 bits per heavy atom. The molecule has 1 aliphatic rings. The molecule has 1 saturated heterocycles. The Bertz CT molecular complexity index is 295. The molecule has 1 rings (SSSR count). The van der Waals surface area contributed by atoms with Gasteiger partial charge in [-0.1, -0.05) is 20.8 Å². The first-order chi connectivity index (χ1) is 9.53. The van der Waals surface area contributed by atoms with Crippen LogP contribution in [-0.4, -0.2) is 37.6 Å². The number of ether oxygens (including phenoxy) is 2. The van der Waals surface area contributed by atoms with Gasteiger partial charge >= 0.3 is 8.25 Å². The molecule has 0 aromatic carbocycles. The molecule has 1 heterocycles. The van der Waals surface area contributed by atoms with Crippen LogP contribution in [-0.2, 0) is 23.1 Å². The third-order valence-electron chi connectivity index (χ3n) is 3.86. The van der Waals surface area contributed by atoms with Crippen molar-refractivity contribution in [1.29, 1.82) is 0 Å². The van der Waals surface area contributed by atoms with Gasteiger partial charge in [-0.3, -0.25) is 0 Å². The lowest BCUT2D eigenvalue weighted by atomic mass is 9.99. The van der Waals surface area contributed by atoms with E-state index >= 15 is 0 Å². The average Bonchev–Trinajstić information content (AvgIpc) is 2.70. The normalized spacial score (nSPS) is 31.0. The number of hydrogen-bond acceptors (Lipinski definition) is 5. The van der Waals surface area contributed by atoms with Crippen LogP contribution in [0.5, 0.6) is 0 Å². The molecule has 20 heavy (non-hydrogen) atoms. The third kappa shape index (κ3) is 5.05. The van der Waals surface area contributed by atoms with Gasteiger partial charge < -0.3 is 9.47 Å². The van der Waals surface area contributed by atoms with E-state index in [-0.39, 0.29) is 31.0 Å². The molecule has 6 heteroatoms. The molecule has 0 aromatic rings. The minimum absolute atomic E-state index is 0.00783. The Morgan fingerprint density at radius 3 is 2.40 bits per heavy atom. The molecule has 5 nitrogen and oxygen atoms in total. The summed E-state index contributed by atoms with van der Waals surface area (Å²) < 4.78 is 34.0. The van der Waals surface area contributed by atoms with Gasteiger partial charge in [-0.25, -0.2) is 0 Å². The van der Waals surface area contributed by atoms with Crippen LogP contribution in [0.15, 0.2) is 0 Å². The summed E-state index contributed by atoms with van der Waals surface area (Å²) in [4.78, 5) is 0. The van der Waals surface area contributed by atoms with Crippen molar-refractivity contribution >= 4 is 8.25 Å². The Kier molecular flexibility index (Phi) is 8.15. The van der Waals surface area contributed by atoms with E-state index in [1.54, 1.807) is 0 Å². The Hall–Kier alpha value is -0.0600. The van der Waals surface area contributed by atoms with Gasteiger partial charge in [-0.15, -0.1) is 9.05 Å². The van der Waals surface area contributed by atoms with Crippen LogP contribution < -0.4 is 0 Å². The van der Waals surface area contributed by atoms with Crippen molar-refractivity contribution in [3.8, 4) is 0 Å². The van der Waals surface area contributed by atoms with Crippen LogP contribution >= 0.6 is 8.25 Å². The molecule has 0 amide bonds. The first-order valence-electron chi connectivity index (χ1n) is 7.57. The topological polar surface area (TPSA) is 54.0 Å². The minimum atomic E-state index is -2.09. The summed E-state index contributed by atoms with van der Waals surface area (Å²) in [5.74, 6) is 0.307. The summed E-state index contributed by atoms with van der Waals surface area (Å²) in [6, 6.07) is 0. The lowest BCUT2D eigenvalue weighted by Gasteiger charge is -2.19.